The van der Waals surface area contributed by atoms with E-state index in [1.807, 2.05) is 30.3 Å². The lowest BCUT2D eigenvalue weighted by Gasteiger charge is -2.31. The molecule has 3 heterocycles. The van der Waals surface area contributed by atoms with Crippen LogP contribution in [0.4, 0.5) is 4.39 Å². The maximum Gasteiger partial charge on any atom is 0.436 e. The average Bonchev–Trinajstić information content (AvgIpc) is 2.92. The highest BCUT2D eigenvalue weighted by Gasteiger charge is 2.53. The number of carbonyl (C=O) groups is 3. The number of amides is 1. The molecule has 1 amide bonds. The number of aliphatic carboxylic acids is 1. The van der Waals surface area contributed by atoms with E-state index in [9.17, 15) is 23.9 Å². The normalized spacial score (nSPS) is 22.0. The molecule has 1 aromatic carbocycles. The van der Waals surface area contributed by atoms with E-state index in [0.717, 1.165) is 16.3 Å². The molecule has 5 rings (SSSR count). The van der Waals surface area contributed by atoms with Crippen LogP contribution in [-0.2, 0) is 35.2 Å². The summed E-state index contributed by atoms with van der Waals surface area (Å²) in [6.45, 7) is 1.66. The summed E-state index contributed by atoms with van der Waals surface area (Å²) in [6, 6.07) is 9.18. The van der Waals surface area contributed by atoms with Gasteiger partial charge in [-0.3, -0.25) is 0 Å². The number of hydrogen-bond donors (Lipinski definition) is 1. The Morgan fingerprint density at radius 3 is 2.74 bits per heavy atom. The van der Waals surface area contributed by atoms with Crippen LogP contribution < -0.4 is 0 Å². The number of carbonyl (C=O) groups excluding carboxylic acids is 2. The van der Waals surface area contributed by atoms with Crippen molar-refractivity contribution < 1.29 is 42.7 Å². The Balaban J connectivity index is 1.60. The molecule has 0 saturated carbocycles. The van der Waals surface area contributed by atoms with Gasteiger partial charge in [-0.25, -0.2) is 23.8 Å². The predicted molar refractivity (Wildman–Crippen MR) is 132 cm³/mol. The Hall–Kier alpha value is -4.60. The second kappa shape index (κ2) is 10.4. The first-order valence-corrected chi connectivity index (χ1v) is 12.1. The van der Waals surface area contributed by atoms with Crippen LogP contribution in [0.15, 0.2) is 94.4 Å². The summed E-state index contributed by atoms with van der Waals surface area (Å²) in [5.41, 5.74) is 1.42. The van der Waals surface area contributed by atoms with E-state index in [1.54, 1.807) is 13.0 Å². The first kappa shape index (κ1) is 25.1. The van der Waals surface area contributed by atoms with E-state index in [1.165, 1.54) is 18.4 Å². The summed E-state index contributed by atoms with van der Waals surface area (Å²) < 4.78 is 31.5. The van der Waals surface area contributed by atoms with Crippen molar-refractivity contribution in [2.75, 3.05) is 6.61 Å². The number of carboxylic acid groups (broad SMARTS) is 1. The molecular formula is C28H24FN2O7+. The van der Waals surface area contributed by atoms with Gasteiger partial charge >= 0.3 is 17.8 Å². The fourth-order valence-corrected chi connectivity index (χ4v) is 4.59. The van der Waals surface area contributed by atoms with E-state index in [0.29, 0.717) is 18.4 Å². The number of allylic oxidation sites excluding steroid dienone is 5. The fraction of sp³-hybridized carbons (Fsp3) is 0.250. The molecule has 0 radical (unpaired) electrons. The second-order valence-corrected chi connectivity index (χ2v) is 8.89. The Bertz CT molecular complexity index is 1430. The third-order valence-electron chi connectivity index (χ3n) is 6.37. The molecule has 10 heteroatoms. The highest BCUT2D eigenvalue weighted by Crippen LogP contribution is 2.34. The standard InChI is InChI=1S/C28H23FN2O7/c1-2-36-28(35)21-25(37-15-17-6-4-3-5-7-17)22-23-24(38-20(27(33)34)14-31(23)26(21)32)18(13-30-22)12-16-8-10-19(29)11-9-16/h3-8,10-11,13-14,16,24H,2,9,12,15H2,1H3/p+1. The third kappa shape index (κ3) is 4.72. The number of rotatable bonds is 8. The first-order valence-electron chi connectivity index (χ1n) is 12.1. The molecule has 1 N–H and O–H groups in total. The van der Waals surface area contributed by atoms with Crippen molar-refractivity contribution in [2.24, 2.45) is 10.9 Å². The van der Waals surface area contributed by atoms with Crippen molar-refractivity contribution >= 4 is 29.3 Å². The molecule has 0 aromatic heterocycles. The number of carboxylic acids is 1. The lowest BCUT2D eigenvalue weighted by Crippen LogP contribution is -2.51. The lowest BCUT2D eigenvalue weighted by atomic mass is 9.85. The SMILES string of the molecule is CCOC(=O)C1=C(OCc2ccccc2)C2=NC=C(CC3C=CC(F)=CC3)C3OC(C(=O)O)=C[N+](=C23)C1=O. The van der Waals surface area contributed by atoms with E-state index in [4.69, 9.17) is 14.2 Å². The Morgan fingerprint density at radius 1 is 1.26 bits per heavy atom. The van der Waals surface area contributed by atoms with Crippen LogP contribution in [0.3, 0.4) is 0 Å². The highest BCUT2D eigenvalue weighted by atomic mass is 19.1. The Morgan fingerprint density at radius 2 is 2.05 bits per heavy atom. The molecule has 2 atom stereocenters. The second-order valence-electron chi connectivity index (χ2n) is 8.89. The summed E-state index contributed by atoms with van der Waals surface area (Å²) in [7, 11) is 0. The van der Waals surface area contributed by atoms with Crippen LogP contribution in [0.2, 0.25) is 0 Å². The molecule has 0 spiro atoms. The van der Waals surface area contributed by atoms with Gasteiger partial charge in [0.25, 0.3) is 11.5 Å². The summed E-state index contributed by atoms with van der Waals surface area (Å²) in [5, 5.41) is 9.69. The van der Waals surface area contributed by atoms with Crippen molar-refractivity contribution in [3.05, 3.63) is 95.0 Å². The number of hydrogen-bond acceptors (Lipinski definition) is 7. The summed E-state index contributed by atoms with van der Waals surface area (Å²) in [6.07, 6.45) is 6.99. The van der Waals surface area contributed by atoms with Gasteiger partial charge in [0.05, 0.1) is 6.61 Å². The lowest BCUT2D eigenvalue weighted by molar-refractivity contribution is -0.386. The topological polar surface area (TPSA) is 114 Å². The van der Waals surface area contributed by atoms with Crippen molar-refractivity contribution in [1.29, 1.82) is 0 Å². The van der Waals surface area contributed by atoms with Crippen LogP contribution in [0.5, 0.6) is 0 Å². The van der Waals surface area contributed by atoms with Crippen LogP contribution in [0.25, 0.3) is 0 Å². The minimum Gasteiger partial charge on any atom is -0.485 e. The summed E-state index contributed by atoms with van der Waals surface area (Å²) in [5.74, 6) is -4.03. The minimum atomic E-state index is -1.38. The zero-order chi connectivity index (χ0) is 26.8. The molecular weight excluding hydrogens is 495 g/mol. The summed E-state index contributed by atoms with van der Waals surface area (Å²) in [4.78, 5) is 43.0. The quantitative estimate of drug-likeness (QED) is 0.318. The van der Waals surface area contributed by atoms with Crippen molar-refractivity contribution in [3.63, 3.8) is 0 Å². The molecule has 38 heavy (non-hydrogen) atoms. The van der Waals surface area contributed by atoms with E-state index >= 15 is 0 Å². The highest BCUT2D eigenvalue weighted by molar-refractivity contribution is 6.52. The smallest absolute Gasteiger partial charge is 0.436 e. The summed E-state index contributed by atoms with van der Waals surface area (Å²) >= 11 is 0. The Labute approximate surface area is 217 Å². The zero-order valence-electron chi connectivity index (χ0n) is 20.4. The third-order valence-corrected chi connectivity index (χ3v) is 6.37. The largest absolute Gasteiger partial charge is 0.485 e. The molecule has 2 unspecified atom stereocenters. The van der Waals surface area contributed by atoms with Gasteiger partial charge in [0.15, 0.2) is 11.5 Å². The predicted octanol–water partition coefficient (Wildman–Crippen LogP) is 3.50. The molecule has 3 aliphatic heterocycles. The molecule has 4 aliphatic rings. The number of halogens is 1. The van der Waals surface area contributed by atoms with E-state index in [2.05, 4.69) is 4.99 Å². The van der Waals surface area contributed by atoms with E-state index < -0.39 is 29.7 Å². The maximum absolute atomic E-state index is 13.7. The minimum absolute atomic E-state index is 0.0145. The van der Waals surface area contributed by atoms with Gasteiger partial charge in [-0.1, -0.05) is 36.4 Å². The van der Waals surface area contributed by atoms with Crippen LogP contribution in [0, 0.1) is 5.92 Å². The van der Waals surface area contributed by atoms with Crippen LogP contribution in [0.1, 0.15) is 25.3 Å². The van der Waals surface area contributed by atoms with Gasteiger partial charge in [0.1, 0.15) is 12.4 Å². The Kier molecular flexibility index (Phi) is 6.87. The van der Waals surface area contributed by atoms with Gasteiger partial charge in [-0.2, -0.15) is 0 Å². The average molecular weight is 520 g/mol. The van der Waals surface area contributed by atoms with Gasteiger partial charge in [-0.05, 0) is 49.0 Å². The monoisotopic (exact) mass is 519 g/mol. The number of benzene rings is 1. The van der Waals surface area contributed by atoms with Crippen LogP contribution in [-0.4, -0.2) is 51.7 Å². The van der Waals surface area contributed by atoms with Gasteiger partial charge in [0.2, 0.25) is 17.9 Å². The van der Waals surface area contributed by atoms with Gasteiger partial charge < -0.3 is 19.3 Å². The molecule has 194 valence electrons. The molecule has 9 nitrogen and oxygen atoms in total. The van der Waals surface area contributed by atoms with Gasteiger partial charge in [0, 0.05) is 6.20 Å². The van der Waals surface area contributed by atoms with Crippen molar-refractivity contribution in [2.45, 2.75) is 32.5 Å². The molecule has 1 aliphatic carbocycles. The first-order chi connectivity index (χ1) is 18.4. The number of ether oxygens (including phenoxy) is 3. The number of aliphatic imine (C=N–C) groups is 1. The molecule has 0 saturated heterocycles. The number of nitrogens with zero attached hydrogens (tertiary/aromatic N) is 2. The molecule has 1 aromatic rings. The molecule has 0 fully saturated rings. The zero-order valence-corrected chi connectivity index (χ0v) is 20.4. The van der Waals surface area contributed by atoms with Crippen molar-refractivity contribution in [3.8, 4) is 0 Å². The van der Waals surface area contributed by atoms with Crippen LogP contribution >= 0.6 is 0 Å². The van der Waals surface area contributed by atoms with Gasteiger partial charge in [-0.15, -0.1) is 4.58 Å². The van der Waals surface area contributed by atoms with Crippen molar-refractivity contribution in [1.82, 2.24) is 0 Å². The molecule has 0 bridgehead atoms. The number of esters is 1. The van der Waals surface area contributed by atoms with E-state index in [-0.39, 0.29) is 47.7 Å². The maximum atomic E-state index is 13.7. The fourth-order valence-electron chi connectivity index (χ4n) is 4.59.